The van der Waals surface area contributed by atoms with Crippen LogP contribution < -0.4 is 0 Å². The zero-order chi connectivity index (χ0) is 16.7. The van der Waals surface area contributed by atoms with Gasteiger partial charge in [-0.05, 0) is 92.7 Å². The van der Waals surface area contributed by atoms with E-state index in [-0.39, 0.29) is 5.08 Å². The maximum atomic E-state index is 11.9. The van der Waals surface area contributed by atoms with Crippen molar-refractivity contribution in [2.24, 2.45) is 0 Å². The summed E-state index contributed by atoms with van der Waals surface area (Å²) < 4.78 is 26.2. The Labute approximate surface area is 170 Å². The lowest BCUT2D eigenvalue weighted by Crippen LogP contribution is -2.11. The molecule has 0 radical (unpaired) electrons. The third-order valence-corrected chi connectivity index (χ3v) is 6.97. The zero-order valence-electron chi connectivity index (χ0n) is 12.0. The molecule has 120 valence electrons. The fourth-order valence-corrected chi connectivity index (χ4v) is 4.53. The molecule has 0 aliphatic heterocycles. The van der Waals surface area contributed by atoms with Crippen LogP contribution in [0.25, 0.3) is 12.2 Å². The highest BCUT2D eigenvalue weighted by Gasteiger charge is 2.11. The number of hydrogen-bond acceptors (Lipinski definition) is 2. The second-order valence-electron chi connectivity index (χ2n) is 4.59. The summed E-state index contributed by atoms with van der Waals surface area (Å²) in [4.78, 5) is 0. The van der Waals surface area contributed by atoms with Crippen molar-refractivity contribution in [1.29, 1.82) is 0 Å². The molecular formula is C17H14I2O2S2. The van der Waals surface area contributed by atoms with E-state index in [1.807, 2.05) is 48.5 Å². The van der Waals surface area contributed by atoms with Gasteiger partial charge in [-0.15, -0.1) is 0 Å². The van der Waals surface area contributed by atoms with E-state index in [9.17, 15) is 9.11 Å². The number of hydrogen-bond donors (Lipinski definition) is 0. The molecule has 6 heteroatoms. The third-order valence-electron chi connectivity index (χ3n) is 2.80. The molecule has 0 heterocycles. The Balaban J connectivity index is 1.85. The van der Waals surface area contributed by atoms with E-state index in [2.05, 4.69) is 45.2 Å². The van der Waals surface area contributed by atoms with Crippen LogP contribution in [-0.4, -0.2) is 14.2 Å². The first-order chi connectivity index (χ1) is 11.0. The van der Waals surface area contributed by atoms with Crippen LogP contribution in [0.2, 0.25) is 0 Å². The first kappa shape index (κ1) is 19.3. The van der Waals surface area contributed by atoms with Gasteiger partial charge in [0.05, 0.1) is 0 Å². The Kier molecular flexibility index (Phi) is 8.48. The van der Waals surface area contributed by atoms with Crippen molar-refractivity contribution in [2.75, 3.05) is 5.08 Å². The highest BCUT2D eigenvalue weighted by atomic mass is 127. The molecule has 0 aliphatic rings. The van der Waals surface area contributed by atoms with Crippen LogP contribution in [0.3, 0.4) is 0 Å². The van der Waals surface area contributed by atoms with Gasteiger partial charge in [0.1, 0.15) is 10.8 Å². The average molecular weight is 568 g/mol. The summed E-state index contributed by atoms with van der Waals surface area (Å²) in [6.07, 6.45) is 3.60. The lowest BCUT2D eigenvalue weighted by atomic mass is 10.2. The predicted octanol–water partition coefficient (Wildman–Crippen LogP) is 4.99. The van der Waals surface area contributed by atoms with Gasteiger partial charge in [-0.1, -0.05) is 24.3 Å². The Morgan fingerprint density at radius 2 is 1.04 bits per heavy atom. The van der Waals surface area contributed by atoms with Crippen LogP contribution in [0.1, 0.15) is 11.1 Å². The number of halogens is 2. The molecule has 2 rings (SSSR count). The lowest BCUT2D eigenvalue weighted by Gasteiger charge is -2.07. The summed E-state index contributed by atoms with van der Waals surface area (Å²) in [5.41, 5.74) is 1.97. The van der Waals surface area contributed by atoms with Gasteiger partial charge >= 0.3 is 0 Å². The summed E-state index contributed by atoms with van der Waals surface area (Å²) >= 11 is 1.97. The van der Waals surface area contributed by atoms with Gasteiger partial charge in [-0.3, -0.25) is 0 Å². The van der Waals surface area contributed by atoms with Crippen molar-refractivity contribution in [3.63, 3.8) is 0 Å². The van der Waals surface area contributed by atoms with Gasteiger partial charge < -0.3 is 9.11 Å². The minimum absolute atomic E-state index is 0.113. The van der Waals surface area contributed by atoms with E-state index in [0.29, 0.717) is 0 Å². The SMILES string of the molecule is [O-][S+](C=Cc1ccc(I)cc1)C[S+]([O-])C=Cc1ccc(I)cc1. The smallest absolute Gasteiger partial charge is 0.262 e. The number of rotatable bonds is 6. The van der Waals surface area contributed by atoms with Crippen molar-refractivity contribution in [1.82, 2.24) is 0 Å². The van der Waals surface area contributed by atoms with Crippen molar-refractivity contribution in [3.05, 3.63) is 77.6 Å². The molecule has 0 aromatic heterocycles. The molecule has 0 spiro atoms. The van der Waals surface area contributed by atoms with Crippen LogP contribution in [0.15, 0.2) is 59.3 Å². The Hall–Kier alpha value is -0.000000000000000111. The van der Waals surface area contributed by atoms with Crippen LogP contribution in [-0.2, 0) is 22.4 Å². The molecule has 0 aliphatic carbocycles. The fourth-order valence-electron chi connectivity index (χ4n) is 1.65. The Morgan fingerprint density at radius 3 is 1.39 bits per heavy atom. The van der Waals surface area contributed by atoms with E-state index in [0.717, 1.165) is 18.3 Å². The maximum absolute atomic E-state index is 11.9. The molecule has 0 saturated carbocycles. The van der Waals surface area contributed by atoms with Crippen molar-refractivity contribution in [3.8, 4) is 0 Å². The van der Waals surface area contributed by atoms with E-state index in [1.54, 1.807) is 23.0 Å². The highest BCUT2D eigenvalue weighted by molar-refractivity contribution is 14.1. The second-order valence-corrected chi connectivity index (χ2v) is 10.1. The van der Waals surface area contributed by atoms with E-state index >= 15 is 0 Å². The normalized spacial score (nSPS) is 14.4. The van der Waals surface area contributed by atoms with E-state index < -0.39 is 22.4 Å². The molecule has 2 aromatic carbocycles. The standard InChI is InChI=1S/C17H14I2O2S2/c18-16-5-1-14(2-6-16)9-11-22(20)13-23(21)12-10-15-3-7-17(19)8-4-15/h1-12H,13H2. The van der Waals surface area contributed by atoms with Gasteiger partial charge in [-0.2, -0.15) is 0 Å². The molecule has 23 heavy (non-hydrogen) atoms. The minimum atomic E-state index is -1.25. The average Bonchev–Trinajstić information content (AvgIpc) is 2.54. The largest absolute Gasteiger partial charge is 0.608 e. The highest BCUT2D eigenvalue weighted by Crippen LogP contribution is 2.12. The monoisotopic (exact) mass is 568 g/mol. The van der Waals surface area contributed by atoms with Gasteiger partial charge in [0.25, 0.3) is 5.08 Å². The summed E-state index contributed by atoms with van der Waals surface area (Å²) in [5.74, 6) is 0. The van der Waals surface area contributed by atoms with Gasteiger partial charge in [0, 0.05) is 29.5 Å². The van der Waals surface area contributed by atoms with E-state index in [1.165, 1.54) is 0 Å². The van der Waals surface area contributed by atoms with Crippen molar-refractivity contribution < 1.29 is 9.11 Å². The topological polar surface area (TPSA) is 46.1 Å². The van der Waals surface area contributed by atoms with Crippen LogP contribution >= 0.6 is 45.2 Å². The second kappa shape index (κ2) is 10.1. The molecule has 2 unspecified atom stereocenters. The molecular weight excluding hydrogens is 554 g/mol. The summed E-state index contributed by atoms with van der Waals surface area (Å²) in [6.45, 7) is 0. The first-order valence-electron chi connectivity index (χ1n) is 6.65. The molecule has 0 N–H and O–H groups in total. The molecule has 0 bridgehead atoms. The van der Waals surface area contributed by atoms with Gasteiger partial charge in [0.15, 0.2) is 0 Å². The molecule has 2 aromatic rings. The molecule has 0 saturated heterocycles. The van der Waals surface area contributed by atoms with Gasteiger partial charge in [0.2, 0.25) is 0 Å². The molecule has 2 nitrogen and oxygen atoms in total. The Morgan fingerprint density at radius 1 is 0.696 bits per heavy atom. The quantitative estimate of drug-likeness (QED) is 0.364. The minimum Gasteiger partial charge on any atom is -0.608 e. The van der Waals surface area contributed by atoms with Crippen molar-refractivity contribution in [2.45, 2.75) is 0 Å². The van der Waals surface area contributed by atoms with Crippen molar-refractivity contribution >= 4 is 79.7 Å². The third kappa shape index (κ3) is 7.61. The first-order valence-corrected chi connectivity index (χ1v) is 11.6. The predicted molar refractivity (Wildman–Crippen MR) is 118 cm³/mol. The maximum Gasteiger partial charge on any atom is 0.262 e. The molecule has 0 fully saturated rings. The van der Waals surface area contributed by atoms with E-state index in [4.69, 9.17) is 0 Å². The Bertz CT molecular complexity index is 610. The van der Waals surface area contributed by atoms with Gasteiger partial charge in [-0.25, -0.2) is 0 Å². The molecule has 2 atom stereocenters. The summed E-state index contributed by atoms with van der Waals surface area (Å²) in [5, 5.41) is 3.30. The van der Waals surface area contributed by atoms with Crippen LogP contribution in [0, 0.1) is 7.14 Å². The zero-order valence-corrected chi connectivity index (χ0v) is 18.0. The lowest BCUT2D eigenvalue weighted by molar-refractivity contribution is 0.596. The number of benzene rings is 2. The molecule has 0 amide bonds. The fraction of sp³-hybridized carbons (Fsp3) is 0.0588. The van der Waals surface area contributed by atoms with Crippen LogP contribution in [0.5, 0.6) is 0 Å². The van der Waals surface area contributed by atoms with Crippen LogP contribution in [0.4, 0.5) is 0 Å². The summed E-state index contributed by atoms with van der Waals surface area (Å²) in [7, 11) is 0. The summed E-state index contributed by atoms with van der Waals surface area (Å²) in [6, 6.07) is 15.8.